The van der Waals surface area contributed by atoms with Crippen LogP contribution in [0.1, 0.15) is 30.8 Å². The molecular formula is C15H22N4S. The molecule has 0 saturated heterocycles. The lowest BCUT2D eigenvalue weighted by Crippen LogP contribution is -2.20. The monoisotopic (exact) mass is 290 g/mol. The summed E-state index contributed by atoms with van der Waals surface area (Å²) in [7, 11) is 1.90. The highest BCUT2D eigenvalue weighted by atomic mass is 32.1. The van der Waals surface area contributed by atoms with Gasteiger partial charge in [-0.25, -0.2) is 9.97 Å². The van der Waals surface area contributed by atoms with Gasteiger partial charge < -0.3 is 10.6 Å². The van der Waals surface area contributed by atoms with Gasteiger partial charge in [-0.15, -0.1) is 0 Å². The number of nitrogens with zero attached hydrogens (tertiary/aromatic N) is 2. The summed E-state index contributed by atoms with van der Waals surface area (Å²) in [6.45, 7) is 6.30. The third kappa shape index (κ3) is 3.48. The Morgan fingerprint density at radius 1 is 1.30 bits per heavy atom. The van der Waals surface area contributed by atoms with E-state index in [0.717, 1.165) is 35.9 Å². The maximum Gasteiger partial charge on any atom is 0.134 e. The summed E-state index contributed by atoms with van der Waals surface area (Å²) in [5.74, 6) is 2.70. The van der Waals surface area contributed by atoms with Gasteiger partial charge in [0.2, 0.25) is 0 Å². The third-order valence-corrected chi connectivity index (χ3v) is 3.98. The van der Waals surface area contributed by atoms with Gasteiger partial charge in [0.25, 0.3) is 0 Å². The van der Waals surface area contributed by atoms with Crippen molar-refractivity contribution in [3.05, 3.63) is 33.8 Å². The molecule has 5 heteroatoms. The number of nitrogens with one attached hydrogen (secondary N) is 2. The Hall–Kier alpha value is -1.62. The normalized spacial score (nSPS) is 12.2. The van der Waals surface area contributed by atoms with Gasteiger partial charge in [-0.1, -0.05) is 6.92 Å². The van der Waals surface area contributed by atoms with Crippen LogP contribution in [0.15, 0.2) is 16.8 Å². The first-order chi connectivity index (χ1) is 9.63. The zero-order valence-corrected chi connectivity index (χ0v) is 13.3. The molecule has 2 heterocycles. The lowest BCUT2D eigenvalue weighted by molar-refractivity contribution is 0.779. The zero-order chi connectivity index (χ0) is 14.5. The molecule has 20 heavy (non-hydrogen) atoms. The van der Waals surface area contributed by atoms with Crippen LogP contribution in [0.2, 0.25) is 0 Å². The van der Waals surface area contributed by atoms with Gasteiger partial charge in [0, 0.05) is 25.1 Å². The Balaban J connectivity index is 2.15. The molecule has 0 aromatic carbocycles. The highest BCUT2D eigenvalue weighted by Crippen LogP contribution is 2.21. The van der Waals surface area contributed by atoms with E-state index >= 15 is 0 Å². The van der Waals surface area contributed by atoms with Crippen molar-refractivity contribution >= 4 is 23.0 Å². The lowest BCUT2D eigenvalue weighted by Gasteiger charge is -2.18. The Morgan fingerprint density at radius 3 is 2.65 bits per heavy atom. The molecule has 0 spiro atoms. The molecule has 0 fully saturated rings. The summed E-state index contributed by atoms with van der Waals surface area (Å²) in [4.78, 5) is 9.10. The molecule has 108 valence electrons. The summed E-state index contributed by atoms with van der Waals surface area (Å²) in [6.07, 6.45) is 1.84. The highest BCUT2D eigenvalue weighted by Gasteiger charge is 2.12. The number of hydrogen-bond acceptors (Lipinski definition) is 5. The fourth-order valence-electron chi connectivity index (χ4n) is 2.15. The van der Waals surface area contributed by atoms with E-state index in [-0.39, 0.29) is 0 Å². The Morgan fingerprint density at radius 2 is 2.05 bits per heavy atom. The van der Waals surface area contributed by atoms with Crippen molar-refractivity contribution in [1.29, 1.82) is 0 Å². The first-order valence-corrected chi connectivity index (χ1v) is 7.91. The molecule has 0 aliphatic rings. The second-order valence-electron chi connectivity index (χ2n) is 4.95. The van der Waals surface area contributed by atoms with Crippen molar-refractivity contribution in [3.63, 3.8) is 0 Å². The van der Waals surface area contributed by atoms with E-state index < -0.39 is 0 Å². The lowest BCUT2D eigenvalue weighted by atomic mass is 10.1. The smallest absolute Gasteiger partial charge is 0.134 e. The number of thiophene rings is 1. The molecule has 2 aromatic heterocycles. The van der Waals surface area contributed by atoms with Gasteiger partial charge in [0.1, 0.15) is 17.5 Å². The summed E-state index contributed by atoms with van der Waals surface area (Å²) in [5, 5.41) is 11.0. The Labute approximate surface area is 124 Å². The van der Waals surface area contributed by atoms with Gasteiger partial charge in [-0.2, -0.15) is 11.3 Å². The van der Waals surface area contributed by atoms with Crippen LogP contribution >= 0.6 is 11.3 Å². The number of hydrogen-bond donors (Lipinski definition) is 2. The predicted molar refractivity (Wildman–Crippen MR) is 86.8 cm³/mol. The molecule has 4 nitrogen and oxygen atoms in total. The van der Waals surface area contributed by atoms with E-state index in [2.05, 4.69) is 51.3 Å². The molecule has 0 amide bonds. The van der Waals surface area contributed by atoms with Crippen LogP contribution in [0.5, 0.6) is 0 Å². The van der Waals surface area contributed by atoms with Crippen molar-refractivity contribution in [1.82, 2.24) is 9.97 Å². The molecule has 0 aliphatic heterocycles. The molecular weight excluding hydrogens is 268 g/mol. The van der Waals surface area contributed by atoms with Crippen molar-refractivity contribution in [2.24, 2.45) is 0 Å². The molecule has 1 atom stereocenters. The van der Waals surface area contributed by atoms with Gasteiger partial charge in [-0.3, -0.25) is 0 Å². The highest BCUT2D eigenvalue weighted by molar-refractivity contribution is 7.07. The number of aromatic nitrogens is 2. The average molecular weight is 290 g/mol. The van der Waals surface area contributed by atoms with Crippen LogP contribution in [-0.4, -0.2) is 23.1 Å². The SMILES string of the molecule is CCc1nc(NC)c(C)c(NC(C)Cc2ccsc2)n1. The number of anilines is 2. The summed E-state index contributed by atoms with van der Waals surface area (Å²) < 4.78 is 0. The molecule has 2 rings (SSSR count). The van der Waals surface area contributed by atoms with Crippen molar-refractivity contribution in [2.45, 2.75) is 39.7 Å². The molecule has 0 bridgehead atoms. The van der Waals surface area contributed by atoms with Gasteiger partial charge in [-0.05, 0) is 42.7 Å². The van der Waals surface area contributed by atoms with E-state index in [4.69, 9.17) is 0 Å². The van der Waals surface area contributed by atoms with Crippen molar-refractivity contribution in [2.75, 3.05) is 17.7 Å². The first kappa shape index (κ1) is 14.8. The largest absolute Gasteiger partial charge is 0.373 e. The maximum atomic E-state index is 4.61. The van der Waals surface area contributed by atoms with Crippen molar-refractivity contribution in [3.8, 4) is 0 Å². The predicted octanol–water partition coefficient (Wildman–Crippen LogP) is 3.49. The Bertz CT molecular complexity index is 551. The van der Waals surface area contributed by atoms with Gasteiger partial charge in [0.05, 0.1) is 0 Å². The number of aryl methyl sites for hydroxylation is 1. The number of rotatable bonds is 6. The fraction of sp³-hybridized carbons (Fsp3) is 0.467. The average Bonchev–Trinajstić information content (AvgIpc) is 2.93. The van der Waals surface area contributed by atoms with Crippen molar-refractivity contribution < 1.29 is 0 Å². The van der Waals surface area contributed by atoms with Gasteiger partial charge >= 0.3 is 0 Å². The van der Waals surface area contributed by atoms with Crippen LogP contribution in [-0.2, 0) is 12.8 Å². The minimum Gasteiger partial charge on any atom is -0.373 e. The molecule has 2 aromatic rings. The van der Waals surface area contributed by atoms with E-state index in [1.807, 2.05) is 14.0 Å². The van der Waals surface area contributed by atoms with E-state index in [1.165, 1.54) is 5.56 Å². The minimum absolute atomic E-state index is 0.340. The van der Waals surface area contributed by atoms with E-state index in [1.54, 1.807) is 11.3 Å². The molecule has 0 radical (unpaired) electrons. The first-order valence-electron chi connectivity index (χ1n) is 6.97. The van der Waals surface area contributed by atoms with Crippen LogP contribution < -0.4 is 10.6 Å². The third-order valence-electron chi connectivity index (χ3n) is 3.25. The quantitative estimate of drug-likeness (QED) is 0.855. The van der Waals surface area contributed by atoms with E-state index in [9.17, 15) is 0 Å². The van der Waals surface area contributed by atoms with Gasteiger partial charge in [0.15, 0.2) is 0 Å². The van der Waals surface area contributed by atoms with E-state index in [0.29, 0.717) is 6.04 Å². The second kappa shape index (κ2) is 6.70. The Kier molecular flexibility index (Phi) is 4.95. The standard InChI is InChI=1S/C15H22N4S/c1-5-13-18-14(16-4)11(3)15(19-13)17-10(2)8-12-6-7-20-9-12/h6-7,9-10H,5,8H2,1-4H3,(H2,16,17,18,19). The summed E-state index contributed by atoms with van der Waals surface area (Å²) in [5.41, 5.74) is 2.44. The topological polar surface area (TPSA) is 49.8 Å². The molecule has 0 aliphatic carbocycles. The summed E-state index contributed by atoms with van der Waals surface area (Å²) in [6, 6.07) is 2.51. The van der Waals surface area contributed by atoms with Crippen LogP contribution in [0.3, 0.4) is 0 Å². The van der Waals surface area contributed by atoms with Crippen LogP contribution in [0.4, 0.5) is 11.6 Å². The minimum atomic E-state index is 0.340. The van der Waals surface area contributed by atoms with Crippen LogP contribution in [0.25, 0.3) is 0 Å². The van der Waals surface area contributed by atoms with Crippen LogP contribution in [0, 0.1) is 6.92 Å². The second-order valence-corrected chi connectivity index (χ2v) is 5.73. The maximum absolute atomic E-state index is 4.61. The fourth-order valence-corrected chi connectivity index (χ4v) is 2.83. The molecule has 0 saturated carbocycles. The molecule has 2 N–H and O–H groups in total. The zero-order valence-electron chi connectivity index (χ0n) is 12.5. The molecule has 1 unspecified atom stereocenters. The summed E-state index contributed by atoms with van der Waals surface area (Å²) >= 11 is 1.74.